The first-order chi connectivity index (χ1) is 15.4. The van der Waals surface area contributed by atoms with Gasteiger partial charge in [-0.05, 0) is 36.4 Å². The van der Waals surface area contributed by atoms with Crippen LogP contribution in [0.3, 0.4) is 0 Å². The SMILES string of the molecule is O=C(Nc1ccccc1C(=O)N1CCN(S(=O)(=O)c2ccc(Cl)s2)CC1)c1ccccc1. The smallest absolute Gasteiger partial charge is 0.256 e. The van der Waals surface area contributed by atoms with Crippen molar-refractivity contribution in [2.75, 3.05) is 31.5 Å². The van der Waals surface area contributed by atoms with Crippen molar-refractivity contribution in [3.63, 3.8) is 0 Å². The van der Waals surface area contributed by atoms with Gasteiger partial charge in [-0.2, -0.15) is 4.31 Å². The third-order valence-electron chi connectivity index (χ3n) is 5.11. The Balaban J connectivity index is 1.45. The Labute approximate surface area is 195 Å². The monoisotopic (exact) mass is 489 g/mol. The zero-order valence-electron chi connectivity index (χ0n) is 16.9. The lowest BCUT2D eigenvalue weighted by Crippen LogP contribution is -2.50. The number of carbonyl (C=O) groups is 2. The molecular formula is C22H20ClN3O4S2. The maximum Gasteiger partial charge on any atom is 0.256 e. The molecule has 2 amide bonds. The van der Waals surface area contributed by atoms with Crippen molar-refractivity contribution in [2.24, 2.45) is 0 Å². The molecule has 2 heterocycles. The molecule has 0 spiro atoms. The molecular weight excluding hydrogens is 470 g/mol. The summed E-state index contributed by atoms with van der Waals surface area (Å²) in [7, 11) is -3.64. The van der Waals surface area contributed by atoms with Gasteiger partial charge in [0.1, 0.15) is 4.21 Å². The van der Waals surface area contributed by atoms with E-state index in [9.17, 15) is 18.0 Å². The van der Waals surface area contributed by atoms with Crippen molar-refractivity contribution >= 4 is 50.5 Å². The zero-order valence-corrected chi connectivity index (χ0v) is 19.3. The lowest BCUT2D eigenvalue weighted by molar-refractivity contribution is 0.0699. The number of rotatable bonds is 5. The first-order valence-corrected chi connectivity index (χ1v) is 12.5. The van der Waals surface area contributed by atoms with Crippen LogP contribution in [0.4, 0.5) is 5.69 Å². The number of hydrogen-bond donors (Lipinski definition) is 1. The number of thiophene rings is 1. The minimum atomic E-state index is -3.64. The van der Waals surface area contributed by atoms with E-state index in [1.54, 1.807) is 59.5 Å². The summed E-state index contributed by atoms with van der Waals surface area (Å²) in [6.07, 6.45) is 0. The van der Waals surface area contributed by atoms with E-state index in [4.69, 9.17) is 11.6 Å². The Bertz CT molecular complexity index is 1240. The average Bonchev–Trinajstić information content (AvgIpc) is 3.27. The number of piperazine rings is 1. The highest BCUT2D eigenvalue weighted by atomic mass is 35.5. The predicted octanol–water partition coefficient (Wildman–Crippen LogP) is 3.80. The van der Waals surface area contributed by atoms with Crippen molar-refractivity contribution in [3.8, 4) is 0 Å². The number of benzene rings is 2. The topological polar surface area (TPSA) is 86.8 Å². The maximum atomic E-state index is 13.2. The predicted molar refractivity (Wildman–Crippen MR) is 125 cm³/mol. The van der Waals surface area contributed by atoms with Gasteiger partial charge in [0.15, 0.2) is 0 Å². The molecule has 1 saturated heterocycles. The number of anilines is 1. The summed E-state index contributed by atoms with van der Waals surface area (Å²) in [5.41, 5.74) is 1.26. The number of carbonyl (C=O) groups excluding carboxylic acids is 2. The molecule has 0 unspecified atom stereocenters. The first kappa shape index (κ1) is 22.5. The van der Waals surface area contributed by atoms with Gasteiger partial charge in [-0.15, -0.1) is 11.3 Å². The second-order valence-electron chi connectivity index (χ2n) is 7.12. The van der Waals surface area contributed by atoms with Gasteiger partial charge in [0, 0.05) is 31.7 Å². The molecule has 10 heteroatoms. The Morgan fingerprint density at radius 3 is 2.19 bits per heavy atom. The van der Waals surface area contributed by atoms with Crippen LogP contribution in [-0.2, 0) is 10.0 Å². The van der Waals surface area contributed by atoms with Crippen LogP contribution < -0.4 is 5.32 Å². The van der Waals surface area contributed by atoms with E-state index in [1.807, 2.05) is 6.07 Å². The summed E-state index contributed by atoms with van der Waals surface area (Å²) < 4.78 is 27.5. The van der Waals surface area contributed by atoms with Crippen LogP contribution in [-0.4, -0.2) is 55.6 Å². The molecule has 0 aliphatic carbocycles. The van der Waals surface area contributed by atoms with Crippen LogP contribution in [0.5, 0.6) is 0 Å². The van der Waals surface area contributed by atoms with Gasteiger partial charge in [-0.3, -0.25) is 9.59 Å². The summed E-state index contributed by atoms with van der Waals surface area (Å²) in [4.78, 5) is 27.3. The molecule has 0 bridgehead atoms. The molecule has 1 aliphatic rings. The number of amides is 2. The fourth-order valence-electron chi connectivity index (χ4n) is 3.43. The molecule has 1 fully saturated rings. The fraction of sp³-hybridized carbons (Fsp3) is 0.182. The van der Waals surface area contributed by atoms with Gasteiger partial charge >= 0.3 is 0 Å². The van der Waals surface area contributed by atoms with Gasteiger partial charge in [-0.25, -0.2) is 8.42 Å². The molecule has 166 valence electrons. The second kappa shape index (κ2) is 9.41. The van der Waals surface area contributed by atoms with E-state index < -0.39 is 10.0 Å². The molecule has 7 nitrogen and oxygen atoms in total. The van der Waals surface area contributed by atoms with Crippen molar-refractivity contribution in [1.29, 1.82) is 0 Å². The second-order valence-corrected chi connectivity index (χ2v) is 11.0. The number of nitrogens with one attached hydrogen (secondary N) is 1. The quantitative estimate of drug-likeness (QED) is 0.590. The van der Waals surface area contributed by atoms with Crippen LogP contribution in [0.2, 0.25) is 4.34 Å². The Kier molecular flexibility index (Phi) is 6.61. The van der Waals surface area contributed by atoms with E-state index in [0.717, 1.165) is 11.3 Å². The van der Waals surface area contributed by atoms with E-state index in [-0.39, 0.29) is 42.2 Å². The molecule has 4 rings (SSSR count). The van der Waals surface area contributed by atoms with Gasteiger partial charge in [0.2, 0.25) is 0 Å². The molecule has 32 heavy (non-hydrogen) atoms. The minimum Gasteiger partial charge on any atom is -0.336 e. The zero-order chi connectivity index (χ0) is 22.7. The fourth-order valence-corrected chi connectivity index (χ4v) is 6.49. The normalized spacial score (nSPS) is 14.8. The Hall–Kier alpha value is -2.72. The number of hydrogen-bond acceptors (Lipinski definition) is 5. The average molecular weight is 490 g/mol. The van der Waals surface area contributed by atoms with Crippen molar-refractivity contribution in [2.45, 2.75) is 4.21 Å². The molecule has 0 saturated carbocycles. The van der Waals surface area contributed by atoms with Gasteiger partial charge in [0.25, 0.3) is 21.8 Å². The summed E-state index contributed by atoms with van der Waals surface area (Å²) in [6, 6.07) is 18.6. The van der Waals surface area contributed by atoms with Crippen molar-refractivity contribution < 1.29 is 18.0 Å². The number of halogens is 1. The van der Waals surface area contributed by atoms with Crippen LogP contribution in [0, 0.1) is 0 Å². The van der Waals surface area contributed by atoms with Gasteiger partial charge < -0.3 is 10.2 Å². The van der Waals surface area contributed by atoms with Crippen LogP contribution in [0.15, 0.2) is 70.9 Å². The summed E-state index contributed by atoms with van der Waals surface area (Å²) in [6.45, 7) is 0.862. The number of para-hydroxylation sites is 1. The van der Waals surface area contributed by atoms with Crippen LogP contribution in [0.1, 0.15) is 20.7 Å². The third kappa shape index (κ3) is 4.71. The lowest BCUT2D eigenvalue weighted by Gasteiger charge is -2.34. The maximum absolute atomic E-state index is 13.2. The summed E-state index contributed by atoms with van der Waals surface area (Å²) in [5, 5.41) is 2.80. The molecule has 3 aromatic rings. The Morgan fingerprint density at radius 2 is 1.53 bits per heavy atom. The van der Waals surface area contributed by atoms with Gasteiger partial charge in [-0.1, -0.05) is 41.9 Å². The molecule has 2 aromatic carbocycles. The van der Waals surface area contributed by atoms with Crippen LogP contribution >= 0.6 is 22.9 Å². The Morgan fingerprint density at radius 1 is 0.875 bits per heavy atom. The summed E-state index contributed by atoms with van der Waals surface area (Å²) >= 11 is 6.89. The lowest BCUT2D eigenvalue weighted by atomic mass is 10.1. The van der Waals surface area contributed by atoms with Crippen molar-refractivity contribution in [3.05, 3.63) is 82.2 Å². The van der Waals surface area contributed by atoms with E-state index >= 15 is 0 Å². The first-order valence-electron chi connectivity index (χ1n) is 9.86. The molecule has 1 N–H and O–H groups in total. The van der Waals surface area contributed by atoms with E-state index in [0.29, 0.717) is 21.2 Å². The molecule has 0 atom stereocenters. The highest BCUT2D eigenvalue weighted by molar-refractivity contribution is 7.91. The van der Waals surface area contributed by atoms with E-state index in [1.165, 1.54) is 10.4 Å². The third-order valence-corrected chi connectivity index (χ3v) is 8.71. The van der Waals surface area contributed by atoms with Gasteiger partial charge in [0.05, 0.1) is 15.6 Å². The minimum absolute atomic E-state index is 0.183. The number of sulfonamides is 1. The summed E-state index contributed by atoms with van der Waals surface area (Å²) in [5.74, 6) is -0.568. The van der Waals surface area contributed by atoms with Crippen LogP contribution in [0.25, 0.3) is 0 Å². The van der Waals surface area contributed by atoms with Crippen molar-refractivity contribution in [1.82, 2.24) is 9.21 Å². The molecule has 1 aromatic heterocycles. The standard InChI is InChI=1S/C22H20ClN3O4S2/c23-19-10-11-20(31-19)32(29,30)26-14-12-25(13-15-26)22(28)17-8-4-5-9-18(17)24-21(27)16-6-2-1-3-7-16/h1-11H,12-15H2,(H,24,27). The number of nitrogens with zero attached hydrogens (tertiary/aromatic N) is 2. The molecule has 0 radical (unpaired) electrons. The largest absolute Gasteiger partial charge is 0.336 e. The molecule has 1 aliphatic heterocycles. The highest BCUT2D eigenvalue weighted by Gasteiger charge is 2.32. The van der Waals surface area contributed by atoms with E-state index in [2.05, 4.69) is 5.32 Å². The highest BCUT2D eigenvalue weighted by Crippen LogP contribution is 2.29.